The molecule has 1 fully saturated rings. The van der Waals surface area contributed by atoms with Gasteiger partial charge in [-0.2, -0.15) is 0 Å². The molecule has 0 spiro atoms. The molecule has 21 heavy (non-hydrogen) atoms. The van der Waals surface area contributed by atoms with Gasteiger partial charge in [0.1, 0.15) is 0 Å². The second kappa shape index (κ2) is 8.29. The first-order valence-electron chi connectivity index (χ1n) is 7.10. The molecule has 0 radical (unpaired) electrons. The number of piperidine rings is 1. The molecule has 1 aromatic rings. The fourth-order valence-corrected chi connectivity index (χ4v) is 2.63. The number of nitrogens with one attached hydrogen (secondary N) is 1. The number of hydrogen-bond acceptors (Lipinski definition) is 2. The summed E-state index contributed by atoms with van der Waals surface area (Å²) in [6, 6.07) is 3.86. The molecule has 1 N–H and O–H groups in total. The van der Waals surface area contributed by atoms with Crippen molar-refractivity contribution in [3.8, 4) is 0 Å². The maximum atomic E-state index is 13.8. The molecule has 0 atom stereocenters. The van der Waals surface area contributed by atoms with Gasteiger partial charge in [-0.1, -0.05) is 13.0 Å². The Morgan fingerprint density at radius 1 is 1.33 bits per heavy atom. The third-order valence-electron chi connectivity index (χ3n) is 3.66. The number of hydrogen-bond donors (Lipinski definition) is 1. The molecule has 118 valence electrons. The highest BCUT2D eigenvalue weighted by Gasteiger charge is 2.27. The van der Waals surface area contributed by atoms with Gasteiger partial charge in [0.05, 0.1) is 5.56 Å². The van der Waals surface area contributed by atoms with Crippen molar-refractivity contribution in [3.63, 3.8) is 0 Å². The molecular formula is C15H21ClF2N2O. The van der Waals surface area contributed by atoms with E-state index in [4.69, 9.17) is 0 Å². The second-order valence-corrected chi connectivity index (χ2v) is 5.08. The summed E-state index contributed by atoms with van der Waals surface area (Å²) in [6.45, 7) is 4.25. The molecule has 2 rings (SSSR count). The van der Waals surface area contributed by atoms with Crippen molar-refractivity contribution in [2.24, 2.45) is 0 Å². The second-order valence-electron chi connectivity index (χ2n) is 5.08. The fourth-order valence-electron chi connectivity index (χ4n) is 2.63. The number of nitrogens with zero attached hydrogens (tertiary/aromatic N) is 1. The molecule has 0 aliphatic carbocycles. The topological polar surface area (TPSA) is 32.3 Å². The van der Waals surface area contributed by atoms with E-state index in [2.05, 4.69) is 5.32 Å². The highest BCUT2D eigenvalue weighted by Crippen LogP contribution is 2.19. The summed E-state index contributed by atoms with van der Waals surface area (Å²) in [5.74, 6) is -2.43. The Morgan fingerprint density at radius 2 is 2.00 bits per heavy atom. The van der Waals surface area contributed by atoms with Gasteiger partial charge < -0.3 is 10.2 Å². The van der Waals surface area contributed by atoms with Crippen molar-refractivity contribution in [2.45, 2.75) is 32.2 Å². The number of benzene rings is 1. The highest BCUT2D eigenvalue weighted by atomic mass is 35.5. The van der Waals surface area contributed by atoms with Gasteiger partial charge in [0.15, 0.2) is 11.6 Å². The van der Waals surface area contributed by atoms with Crippen LogP contribution in [-0.4, -0.2) is 36.5 Å². The first kappa shape index (κ1) is 17.9. The Hall–Kier alpha value is -1.20. The maximum absolute atomic E-state index is 13.8. The molecule has 6 heteroatoms. The zero-order valence-electron chi connectivity index (χ0n) is 12.1. The van der Waals surface area contributed by atoms with Gasteiger partial charge in [-0.15, -0.1) is 12.4 Å². The molecule has 1 saturated heterocycles. The molecule has 1 aliphatic rings. The number of halogens is 3. The van der Waals surface area contributed by atoms with Crippen LogP contribution in [0.4, 0.5) is 8.78 Å². The lowest BCUT2D eigenvalue weighted by Crippen LogP contribution is -2.46. The quantitative estimate of drug-likeness (QED) is 0.925. The Balaban J connectivity index is 0.00000220. The number of rotatable bonds is 4. The minimum atomic E-state index is -1.05. The van der Waals surface area contributed by atoms with E-state index in [1.165, 1.54) is 12.1 Å². The zero-order valence-corrected chi connectivity index (χ0v) is 12.9. The average Bonchev–Trinajstić information content (AvgIpc) is 2.48. The van der Waals surface area contributed by atoms with Crippen molar-refractivity contribution in [1.82, 2.24) is 10.2 Å². The molecule has 3 nitrogen and oxygen atoms in total. The fraction of sp³-hybridized carbons (Fsp3) is 0.533. The normalized spacial score (nSPS) is 15.4. The molecule has 1 heterocycles. The van der Waals surface area contributed by atoms with Crippen LogP contribution >= 0.6 is 12.4 Å². The van der Waals surface area contributed by atoms with Crippen LogP contribution in [0.15, 0.2) is 18.2 Å². The first-order valence-corrected chi connectivity index (χ1v) is 7.10. The zero-order chi connectivity index (χ0) is 14.5. The van der Waals surface area contributed by atoms with Gasteiger partial charge in [-0.3, -0.25) is 4.79 Å². The van der Waals surface area contributed by atoms with E-state index in [9.17, 15) is 13.6 Å². The van der Waals surface area contributed by atoms with E-state index >= 15 is 0 Å². The van der Waals surface area contributed by atoms with Crippen molar-refractivity contribution < 1.29 is 13.6 Å². The van der Waals surface area contributed by atoms with Crippen LogP contribution in [0.5, 0.6) is 0 Å². The number of amides is 1. The molecule has 1 aliphatic heterocycles. The van der Waals surface area contributed by atoms with E-state index in [-0.39, 0.29) is 24.0 Å². The predicted molar refractivity (Wildman–Crippen MR) is 80.8 cm³/mol. The third-order valence-corrected chi connectivity index (χ3v) is 3.66. The Kier molecular flexibility index (Phi) is 7.05. The van der Waals surface area contributed by atoms with Crippen LogP contribution in [0.2, 0.25) is 0 Å². The molecule has 0 aromatic heterocycles. The van der Waals surface area contributed by atoms with Gasteiger partial charge in [-0.25, -0.2) is 8.78 Å². The Bertz CT molecular complexity index is 479. The molecule has 1 aromatic carbocycles. The summed E-state index contributed by atoms with van der Waals surface area (Å²) >= 11 is 0. The summed E-state index contributed by atoms with van der Waals surface area (Å²) in [4.78, 5) is 14.2. The number of carbonyl (C=O) groups excluding carboxylic acids is 1. The summed E-state index contributed by atoms with van der Waals surface area (Å²) in [6.07, 6.45) is 2.50. The van der Waals surface area contributed by atoms with Crippen LogP contribution in [0.1, 0.15) is 36.5 Å². The standard InChI is InChI=1S/C15H20F2N2O.ClH/c1-2-10-19(11-6-8-18-9-7-11)15(20)12-4-3-5-13(16)14(12)17;/h3-5,11,18H,2,6-10H2,1H3;1H. The molecular weight excluding hydrogens is 298 g/mol. The molecule has 0 unspecified atom stereocenters. The van der Waals surface area contributed by atoms with Gasteiger partial charge in [0.25, 0.3) is 5.91 Å². The maximum Gasteiger partial charge on any atom is 0.257 e. The SMILES string of the molecule is CCCN(C(=O)c1cccc(F)c1F)C1CCNCC1.Cl. The molecule has 0 saturated carbocycles. The highest BCUT2D eigenvalue weighted by molar-refractivity contribution is 5.94. The largest absolute Gasteiger partial charge is 0.335 e. The summed E-state index contributed by atoms with van der Waals surface area (Å²) in [5.41, 5.74) is -0.169. The lowest BCUT2D eigenvalue weighted by Gasteiger charge is -2.34. The third kappa shape index (κ3) is 4.14. The first-order chi connectivity index (χ1) is 9.65. The van der Waals surface area contributed by atoms with Crippen molar-refractivity contribution in [2.75, 3.05) is 19.6 Å². The van der Waals surface area contributed by atoms with Crippen molar-refractivity contribution in [3.05, 3.63) is 35.4 Å². The number of carbonyl (C=O) groups is 1. The summed E-state index contributed by atoms with van der Waals surface area (Å²) in [5, 5.41) is 3.24. The van der Waals surface area contributed by atoms with Crippen molar-refractivity contribution in [1.29, 1.82) is 0 Å². The van der Waals surface area contributed by atoms with E-state index in [1.807, 2.05) is 6.92 Å². The van der Waals surface area contributed by atoms with E-state index in [0.29, 0.717) is 6.54 Å². The van der Waals surface area contributed by atoms with Gasteiger partial charge in [-0.05, 0) is 44.5 Å². The smallest absolute Gasteiger partial charge is 0.257 e. The van der Waals surface area contributed by atoms with Crippen LogP contribution < -0.4 is 5.32 Å². The van der Waals surface area contributed by atoms with Crippen LogP contribution in [0.25, 0.3) is 0 Å². The van der Waals surface area contributed by atoms with E-state index < -0.39 is 17.5 Å². The van der Waals surface area contributed by atoms with Gasteiger partial charge >= 0.3 is 0 Å². The van der Waals surface area contributed by atoms with E-state index in [1.54, 1.807) is 4.90 Å². The minimum Gasteiger partial charge on any atom is -0.335 e. The Labute approximate surface area is 130 Å². The van der Waals surface area contributed by atoms with Crippen LogP contribution in [0.3, 0.4) is 0 Å². The predicted octanol–water partition coefficient (Wildman–Crippen LogP) is 2.99. The lowest BCUT2D eigenvalue weighted by molar-refractivity contribution is 0.0636. The summed E-state index contributed by atoms with van der Waals surface area (Å²) in [7, 11) is 0. The lowest BCUT2D eigenvalue weighted by atomic mass is 10.0. The van der Waals surface area contributed by atoms with Crippen LogP contribution in [0, 0.1) is 11.6 Å². The Morgan fingerprint density at radius 3 is 2.62 bits per heavy atom. The average molecular weight is 319 g/mol. The minimum absolute atomic E-state index is 0. The van der Waals surface area contributed by atoms with Crippen LogP contribution in [-0.2, 0) is 0 Å². The van der Waals surface area contributed by atoms with Gasteiger partial charge in [0, 0.05) is 12.6 Å². The summed E-state index contributed by atoms with van der Waals surface area (Å²) < 4.78 is 27.1. The molecule has 0 bridgehead atoms. The monoisotopic (exact) mass is 318 g/mol. The van der Waals surface area contributed by atoms with Crippen molar-refractivity contribution >= 4 is 18.3 Å². The molecule has 1 amide bonds. The van der Waals surface area contributed by atoms with E-state index in [0.717, 1.165) is 38.4 Å². The van der Waals surface area contributed by atoms with Gasteiger partial charge in [0.2, 0.25) is 0 Å².